The van der Waals surface area contributed by atoms with E-state index in [1.165, 1.54) is 0 Å². The average molecular weight is 351 g/mol. The lowest BCUT2D eigenvalue weighted by Gasteiger charge is -2.47. The number of morpholine rings is 1. The van der Waals surface area contributed by atoms with Crippen molar-refractivity contribution in [3.63, 3.8) is 0 Å². The predicted molar refractivity (Wildman–Crippen MR) is 87.0 cm³/mol. The maximum atomic E-state index is 12.7. The Morgan fingerprint density at radius 3 is 2.62 bits per heavy atom. The van der Waals surface area contributed by atoms with Crippen molar-refractivity contribution in [1.82, 2.24) is 14.5 Å². The maximum Gasteiger partial charge on any atom is 0.241 e. The van der Waals surface area contributed by atoms with Crippen LogP contribution >= 0.6 is 0 Å². The second-order valence-electron chi connectivity index (χ2n) is 6.53. The standard InChI is InChI=1S/C16H21N3O4S/c20-16(19-10-13(11-19)18-5-7-23-8-6-18)14-9-12-3-1-2-4-15(12)24(21,22)17-14/h1-4,13-14,17H,5-11H2. The van der Waals surface area contributed by atoms with E-state index >= 15 is 0 Å². The number of carbonyl (C=O) groups excluding carboxylic acids is 1. The summed E-state index contributed by atoms with van der Waals surface area (Å²) in [6.07, 6.45) is 0.410. The van der Waals surface area contributed by atoms with Gasteiger partial charge in [-0.15, -0.1) is 0 Å². The Hall–Kier alpha value is -1.48. The third kappa shape index (κ3) is 2.83. The van der Waals surface area contributed by atoms with Gasteiger partial charge in [0.15, 0.2) is 0 Å². The average Bonchev–Trinajstić information content (AvgIpc) is 2.54. The maximum absolute atomic E-state index is 12.7. The van der Waals surface area contributed by atoms with E-state index in [9.17, 15) is 13.2 Å². The molecule has 4 rings (SSSR count). The quantitative estimate of drug-likeness (QED) is 0.772. The van der Waals surface area contributed by atoms with Gasteiger partial charge in [-0.05, 0) is 18.1 Å². The molecule has 7 nitrogen and oxygen atoms in total. The first-order chi connectivity index (χ1) is 11.5. The number of hydrogen-bond acceptors (Lipinski definition) is 5. The summed E-state index contributed by atoms with van der Waals surface area (Å²) in [6.45, 7) is 4.61. The molecule has 130 valence electrons. The van der Waals surface area contributed by atoms with Gasteiger partial charge in [0.2, 0.25) is 15.9 Å². The number of fused-ring (bicyclic) bond motifs is 1. The molecule has 1 unspecified atom stereocenters. The molecule has 0 aliphatic carbocycles. The topological polar surface area (TPSA) is 79.0 Å². The third-order valence-electron chi connectivity index (χ3n) is 5.02. The summed E-state index contributed by atoms with van der Waals surface area (Å²) < 4.78 is 32.5. The molecule has 3 aliphatic heterocycles. The number of rotatable bonds is 2. The van der Waals surface area contributed by atoms with Gasteiger partial charge in [0.25, 0.3) is 0 Å². The fourth-order valence-electron chi connectivity index (χ4n) is 3.61. The zero-order valence-corrected chi connectivity index (χ0v) is 14.2. The fourth-order valence-corrected chi connectivity index (χ4v) is 5.05. The Labute approximate surface area is 141 Å². The molecular formula is C16H21N3O4S. The minimum atomic E-state index is -3.61. The normalized spacial score (nSPS) is 27.3. The highest BCUT2D eigenvalue weighted by Gasteiger charge is 2.41. The van der Waals surface area contributed by atoms with Crippen molar-refractivity contribution in [1.29, 1.82) is 0 Å². The zero-order valence-electron chi connectivity index (χ0n) is 13.3. The highest BCUT2D eigenvalue weighted by molar-refractivity contribution is 7.89. The van der Waals surface area contributed by atoms with Gasteiger partial charge >= 0.3 is 0 Å². The summed E-state index contributed by atoms with van der Waals surface area (Å²) in [4.78, 5) is 17.0. The predicted octanol–water partition coefficient (Wildman–Crippen LogP) is -0.567. The second kappa shape index (κ2) is 6.11. The molecule has 0 spiro atoms. The molecule has 1 atom stereocenters. The third-order valence-corrected chi connectivity index (χ3v) is 6.59. The van der Waals surface area contributed by atoms with Crippen LogP contribution in [0.1, 0.15) is 5.56 Å². The van der Waals surface area contributed by atoms with E-state index < -0.39 is 16.1 Å². The van der Waals surface area contributed by atoms with E-state index in [4.69, 9.17) is 4.74 Å². The van der Waals surface area contributed by atoms with E-state index in [1.54, 1.807) is 29.2 Å². The summed E-state index contributed by atoms with van der Waals surface area (Å²) in [7, 11) is -3.61. The van der Waals surface area contributed by atoms with Crippen molar-refractivity contribution in [3.05, 3.63) is 29.8 Å². The van der Waals surface area contributed by atoms with Gasteiger partial charge < -0.3 is 9.64 Å². The monoisotopic (exact) mass is 351 g/mol. The first-order valence-corrected chi connectivity index (χ1v) is 9.74. The lowest BCUT2D eigenvalue weighted by Crippen LogP contribution is -2.66. The van der Waals surface area contributed by atoms with Gasteiger partial charge in [-0.3, -0.25) is 9.69 Å². The Morgan fingerprint density at radius 2 is 1.88 bits per heavy atom. The van der Waals surface area contributed by atoms with Gasteiger partial charge in [0.05, 0.1) is 18.1 Å². The van der Waals surface area contributed by atoms with Crippen LogP contribution < -0.4 is 4.72 Å². The highest BCUT2D eigenvalue weighted by atomic mass is 32.2. The highest BCUT2D eigenvalue weighted by Crippen LogP contribution is 2.25. The first-order valence-electron chi connectivity index (χ1n) is 8.25. The largest absolute Gasteiger partial charge is 0.379 e. The van der Waals surface area contributed by atoms with E-state index in [-0.39, 0.29) is 10.8 Å². The minimum Gasteiger partial charge on any atom is -0.379 e. The number of amides is 1. The lowest BCUT2D eigenvalue weighted by molar-refractivity contribution is -0.141. The Balaban J connectivity index is 1.42. The van der Waals surface area contributed by atoms with Gasteiger partial charge in [-0.25, -0.2) is 8.42 Å². The summed E-state index contributed by atoms with van der Waals surface area (Å²) in [5, 5.41) is 0. The number of benzene rings is 1. The van der Waals surface area contributed by atoms with E-state index in [1.807, 2.05) is 0 Å². The number of nitrogens with zero attached hydrogens (tertiary/aromatic N) is 2. The summed E-state index contributed by atoms with van der Waals surface area (Å²) in [6, 6.07) is 6.53. The molecule has 2 saturated heterocycles. The molecule has 1 N–H and O–H groups in total. The van der Waals surface area contributed by atoms with Crippen molar-refractivity contribution in [3.8, 4) is 0 Å². The van der Waals surface area contributed by atoms with Crippen molar-refractivity contribution in [2.24, 2.45) is 0 Å². The number of ether oxygens (including phenoxy) is 1. The van der Waals surface area contributed by atoms with E-state index in [0.717, 1.165) is 26.3 Å². The summed E-state index contributed by atoms with van der Waals surface area (Å²) in [5.74, 6) is -0.127. The van der Waals surface area contributed by atoms with Gasteiger partial charge in [0.1, 0.15) is 6.04 Å². The minimum absolute atomic E-state index is 0.127. The molecule has 0 radical (unpaired) electrons. The molecule has 1 amide bonds. The Morgan fingerprint density at radius 1 is 1.17 bits per heavy atom. The van der Waals surface area contributed by atoms with Crippen molar-refractivity contribution in [2.45, 2.75) is 23.4 Å². The van der Waals surface area contributed by atoms with Crippen LogP contribution in [-0.4, -0.2) is 75.6 Å². The molecule has 0 saturated carbocycles. The molecule has 3 heterocycles. The second-order valence-corrected chi connectivity index (χ2v) is 8.21. The number of sulfonamides is 1. The molecule has 1 aromatic carbocycles. The molecule has 1 aromatic rings. The lowest BCUT2D eigenvalue weighted by atomic mass is 10.0. The molecule has 0 aromatic heterocycles. The molecular weight excluding hydrogens is 330 g/mol. The van der Waals surface area contributed by atoms with Crippen molar-refractivity contribution < 1.29 is 17.9 Å². The fraction of sp³-hybridized carbons (Fsp3) is 0.562. The number of hydrogen-bond donors (Lipinski definition) is 1. The first kappa shape index (κ1) is 16.0. The van der Waals surface area contributed by atoms with Crippen LogP contribution in [0.3, 0.4) is 0 Å². The molecule has 3 aliphatic rings. The zero-order chi connectivity index (χ0) is 16.7. The van der Waals surface area contributed by atoms with Crippen LogP contribution in [0, 0.1) is 0 Å². The molecule has 2 fully saturated rings. The molecule has 0 bridgehead atoms. The molecule has 24 heavy (non-hydrogen) atoms. The van der Waals surface area contributed by atoms with Gasteiger partial charge in [-0.2, -0.15) is 4.72 Å². The van der Waals surface area contributed by atoms with Crippen LogP contribution in [0.15, 0.2) is 29.2 Å². The summed E-state index contributed by atoms with van der Waals surface area (Å²) in [5.41, 5.74) is 0.708. The smallest absolute Gasteiger partial charge is 0.241 e. The van der Waals surface area contributed by atoms with E-state index in [0.29, 0.717) is 31.1 Å². The Kier molecular flexibility index (Phi) is 4.07. The molecule has 8 heteroatoms. The van der Waals surface area contributed by atoms with Crippen molar-refractivity contribution >= 4 is 15.9 Å². The van der Waals surface area contributed by atoms with Crippen LogP contribution in [-0.2, 0) is 26.0 Å². The van der Waals surface area contributed by atoms with Crippen LogP contribution in [0.2, 0.25) is 0 Å². The van der Waals surface area contributed by atoms with Crippen LogP contribution in [0.5, 0.6) is 0 Å². The Bertz CT molecular complexity index is 739. The summed E-state index contributed by atoms with van der Waals surface area (Å²) >= 11 is 0. The van der Waals surface area contributed by atoms with Crippen LogP contribution in [0.25, 0.3) is 0 Å². The number of carbonyl (C=O) groups is 1. The van der Waals surface area contributed by atoms with Crippen molar-refractivity contribution in [2.75, 3.05) is 39.4 Å². The number of likely N-dealkylation sites (tertiary alicyclic amines) is 1. The van der Waals surface area contributed by atoms with Gasteiger partial charge in [0, 0.05) is 32.2 Å². The number of nitrogens with one attached hydrogen (secondary N) is 1. The van der Waals surface area contributed by atoms with E-state index in [2.05, 4.69) is 9.62 Å². The SMILES string of the molecule is O=C(C1Cc2ccccc2S(=O)(=O)N1)N1CC(N2CCOCC2)C1. The van der Waals surface area contributed by atoms with Gasteiger partial charge in [-0.1, -0.05) is 18.2 Å². The van der Waals surface area contributed by atoms with Crippen LogP contribution in [0.4, 0.5) is 0 Å².